The Morgan fingerprint density at radius 1 is 0.865 bits per heavy atom. The van der Waals surface area contributed by atoms with Gasteiger partial charge in [0.25, 0.3) is 10.1 Å². The largest absolute Gasteiger partial charge is 0.365 e. The molecule has 0 aliphatic heterocycles. The second-order valence-corrected chi connectivity index (χ2v) is 13.8. The van der Waals surface area contributed by atoms with Crippen LogP contribution in [0, 0.1) is 10.8 Å². The van der Waals surface area contributed by atoms with Gasteiger partial charge in [-0.15, -0.1) is 0 Å². The Hall–Kier alpha value is -2.14. The quantitative estimate of drug-likeness (QED) is 0.380. The van der Waals surface area contributed by atoms with E-state index < -0.39 is 50.3 Å². The lowest BCUT2D eigenvalue weighted by Crippen LogP contribution is -2.54. The van der Waals surface area contributed by atoms with Crippen LogP contribution in [0.2, 0.25) is 0 Å². The smallest absolute Gasteiger partial charge is 0.294 e. The highest BCUT2D eigenvalue weighted by Crippen LogP contribution is 2.39. The van der Waals surface area contributed by atoms with Crippen LogP contribution in [0.15, 0.2) is 29.2 Å². The molecule has 0 aliphatic rings. The molecule has 9 nitrogen and oxygen atoms in total. The van der Waals surface area contributed by atoms with Crippen molar-refractivity contribution in [1.29, 1.82) is 0 Å². The van der Waals surface area contributed by atoms with Crippen LogP contribution in [-0.4, -0.2) is 53.9 Å². The number of benzene rings is 1. The fourth-order valence-corrected chi connectivity index (χ4v) is 4.13. The monoisotopic (exact) mass is 541 g/mol. The minimum absolute atomic E-state index is 0.197. The SMILES string of the molecule is CC(OC(C)(C)C)C(=O)C(C)(C)C(C)(C)OC(CC(=O)Nc1ccc(S(=O)(=O)O)cc1)C(=O)C(C)(C)C. The van der Waals surface area contributed by atoms with E-state index in [-0.39, 0.29) is 28.6 Å². The van der Waals surface area contributed by atoms with Crippen molar-refractivity contribution in [2.45, 2.75) is 111 Å². The second-order valence-electron chi connectivity index (χ2n) is 12.3. The van der Waals surface area contributed by atoms with Crippen molar-refractivity contribution >= 4 is 33.3 Å². The molecule has 0 spiro atoms. The van der Waals surface area contributed by atoms with Gasteiger partial charge in [-0.1, -0.05) is 34.6 Å². The first-order valence-electron chi connectivity index (χ1n) is 12.2. The summed E-state index contributed by atoms with van der Waals surface area (Å²) >= 11 is 0. The lowest BCUT2D eigenvalue weighted by Gasteiger charge is -2.44. The average Bonchev–Trinajstić information content (AvgIpc) is 2.69. The summed E-state index contributed by atoms with van der Waals surface area (Å²) in [6, 6.07) is 4.95. The Balaban J connectivity index is 3.18. The minimum atomic E-state index is -4.37. The van der Waals surface area contributed by atoms with E-state index >= 15 is 0 Å². The molecule has 2 N–H and O–H groups in total. The van der Waals surface area contributed by atoms with Crippen LogP contribution in [0.3, 0.4) is 0 Å². The maximum Gasteiger partial charge on any atom is 0.294 e. The predicted octanol–water partition coefficient (Wildman–Crippen LogP) is 4.84. The first-order valence-corrected chi connectivity index (χ1v) is 13.6. The van der Waals surface area contributed by atoms with Crippen molar-refractivity contribution in [3.05, 3.63) is 24.3 Å². The fourth-order valence-electron chi connectivity index (χ4n) is 3.65. The summed E-state index contributed by atoms with van der Waals surface area (Å²) < 4.78 is 43.7. The molecule has 0 saturated heterocycles. The average molecular weight is 542 g/mol. The summed E-state index contributed by atoms with van der Waals surface area (Å²) in [5, 5.41) is 2.61. The van der Waals surface area contributed by atoms with Gasteiger partial charge in [-0.05, 0) is 65.8 Å². The number of Topliss-reactive ketones (excluding diaryl/α,β-unsaturated/α-hetero) is 2. The Kier molecular flexibility index (Phi) is 10.1. The van der Waals surface area contributed by atoms with Crippen molar-refractivity contribution in [3.63, 3.8) is 0 Å². The fraction of sp³-hybridized carbons (Fsp3) is 0.667. The number of carbonyl (C=O) groups is 3. The molecule has 0 saturated carbocycles. The van der Waals surface area contributed by atoms with Gasteiger partial charge in [0.05, 0.1) is 27.9 Å². The summed E-state index contributed by atoms with van der Waals surface area (Å²) in [4.78, 5) is 39.2. The zero-order chi connectivity index (χ0) is 29.2. The Bertz CT molecular complexity index is 1090. The maximum atomic E-state index is 13.4. The minimum Gasteiger partial charge on any atom is -0.365 e. The lowest BCUT2D eigenvalue weighted by atomic mass is 9.71. The highest BCUT2D eigenvalue weighted by molar-refractivity contribution is 7.85. The Morgan fingerprint density at radius 2 is 1.35 bits per heavy atom. The molecule has 0 aromatic heterocycles. The van der Waals surface area contributed by atoms with Crippen LogP contribution in [0.1, 0.15) is 82.6 Å². The van der Waals surface area contributed by atoms with E-state index in [1.807, 2.05) is 20.8 Å². The van der Waals surface area contributed by atoms with E-state index in [1.165, 1.54) is 12.1 Å². The summed E-state index contributed by atoms with van der Waals surface area (Å²) in [6.07, 6.45) is -2.19. The first-order chi connectivity index (χ1) is 16.4. The standard InChI is InChI=1S/C27H43NO8S/c1-17(35-25(5,6)7)22(30)26(8,9)27(10,11)36-20(23(31)24(2,3)4)16-21(29)28-18-12-14-19(15-13-18)37(32,33)34/h12-15,17,20H,16H2,1-11H3,(H,28,29)(H,32,33,34). The molecule has 1 aromatic rings. The van der Waals surface area contributed by atoms with E-state index in [1.54, 1.807) is 55.4 Å². The molecule has 210 valence electrons. The molecule has 2 unspecified atom stereocenters. The summed E-state index contributed by atoms with van der Waals surface area (Å²) in [7, 11) is -4.37. The Morgan fingerprint density at radius 3 is 1.76 bits per heavy atom. The van der Waals surface area contributed by atoms with Gasteiger partial charge in [-0.25, -0.2) is 0 Å². The normalized spacial score (nSPS) is 15.1. The van der Waals surface area contributed by atoms with Crippen LogP contribution in [0.25, 0.3) is 0 Å². The molecule has 10 heteroatoms. The van der Waals surface area contributed by atoms with E-state index in [2.05, 4.69) is 5.32 Å². The van der Waals surface area contributed by atoms with Crippen LogP contribution in [0.5, 0.6) is 0 Å². The third kappa shape index (κ3) is 9.28. The van der Waals surface area contributed by atoms with Gasteiger partial charge >= 0.3 is 0 Å². The molecule has 0 bridgehead atoms. The van der Waals surface area contributed by atoms with Gasteiger partial charge in [0.1, 0.15) is 12.2 Å². The van der Waals surface area contributed by atoms with Crippen LogP contribution in [0.4, 0.5) is 5.69 Å². The van der Waals surface area contributed by atoms with Crippen molar-refractivity contribution in [3.8, 4) is 0 Å². The molecule has 37 heavy (non-hydrogen) atoms. The van der Waals surface area contributed by atoms with Gasteiger partial charge < -0.3 is 14.8 Å². The highest BCUT2D eigenvalue weighted by Gasteiger charge is 2.49. The zero-order valence-corrected chi connectivity index (χ0v) is 24.7. The van der Waals surface area contributed by atoms with Crippen LogP contribution >= 0.6 is 0 Å². The number of carbonyl (C=O) groups excluding carboxylic acids is 3. The van der Waals surface area contributed by atoms with E-state index in [0.717, 1.165) is 12.1 Å². The molecule has 1 aromatic carbocycles. The number of hydrogen-bond acceptors (Lipinski definition) is 7. The molecule has 0 radical (unpaired) electrons. The van der Waals surface area contributed by atoms with Gasteiger partial charge in [0, 0.05) is 11.1 Å². The number of nitrogens with one attached hydrogen (secondary N) is 1. The summed E-state index contributed by atoms with van der Waals surface area (Å²) in [6.45, 7) is 19.3. The van der Waals surface area contributed by atoms with Gasteiger partial charge in [0.2, 0.25) is 5.91 Å². The second kappa shape index (κ2) is 11.3. The van der Waals surface area contributed by atoms with Crippen molar-refractivity contribution < 1.29 is 36.8 Å². The molecular weight excluding hydrogens is 498 g/mol. The highest BCUT2D eigenvalue weighted by atomic mass is 32.2. The predicted molar refractivity (Wildman–Crippen MR) is 142 cm³/mol. The zero-order valence-electron chi connectivity index (χ0n) is 23.9. The summed E-state index contributed by atoms with van der Waals surface area (Å²) in [5.41, 5.74) is -3.30. The van der Waals surface area contributed by atoms with Crippen molar-refractivity contribution in [2.24, 2.45) is 10.8 Å². The molecule has 1 rings (SSSR count). The van der Waals surface area contributed by atoms with E-state index in [4.69, 9.17) is 14.0 Å². The topological polar surface area (TPSA) is 136 Å². The van der Waals surface area contributed by atoms with Gasteiger partial charge in [-0.2, -0.15) is 8.42 Å². The first kappa shape index (κ1) is 32.9. The molecule has 1 amide bonds. The third-order valence-corrected chi connectivity index (χ3v) is 7.16. The maximum absolute atomic E-state index is 13.4. The molecule has 2 atom stereocenters. The number of ketones is 2. The van der Waals surface area contributed by atoms with E-state index in [9.17, 15) is 22.8 Å². The lowest BCUT2D eigenvalue weighted by molar-refractivity contribution is -0.181. The molecule has 0 fully saturated rings. The Labute approximate surface area is 221 Å². The number of ether oxygens (including phenoxy) is 2. The van der Waals surface area contributed by atoms with Crippen molar-refractivity contribution in [1.82, 2.24) is 0 Å². The van der Waals surface area contributed by atoms with Gasteiger partial charge in [-0.3, -0.25) is 18.9 Å². The van der Waals surface area contributed by atoms with Crippen LogP contribution < -0.4 is 5.32 Å². The van der Waals surface area contributed by atoms with E-state index in [0.29, 0.717) is 0 Å². The van der Waals surface area contributed by atoms with Crippen LogP contribution in [-0.2, 0) is 34.0 Å². The van der Waals surface area contributed by atoms with Gasteiger partial charge in [0.15, 0.2) is 11.6 Å². The van der Waals surface area contributed by atoms with Crippen molar-refractivity contribution in [2.75, 3.05) is 5.32 Å². The molecular formula is C27H43NO8S. The number of amides is 1. The summed E-state index contributed by atoms with van der Waals surface area (Å²) in [5.74, 6) is -1.04. The molecule has 0 heterocycles. The number of anilines is 1. The molecule has 0 aliphatic carbocycles. The number of hydrogen-bond donors (Lipinski definition) is 2. The third-order valence-electron chi connectivity index (χ3n) is 6.30. The number of rotatable bonds is 11.